The fraction of sp³-hybridized carbons (Fsp3) is 0.167. The Kier molecular flexibility index (Phi) is 3.99. The van der Waals surface area contributed by atoms with Crippen LogP contribution in [0.2, 0.25) is 5.02 Å². The van der Waals surface area contributed by atoms with Crippen molar-refractivity contribution in [2.45, 2.75) is 10.2 Å². The maximum absolute atomic E-state index is 13.8. The number of alkyl halides is 1. The molecule has 0 spiro atoms. The number of hydrogen-bond donors (Lipinski definition) is 0. The number of amides is 2. The Labute approximate surface area is 196 Å². The lowest BCUT2D eigenvalue weighted by molar-refractivity contribution is -0.384. The molecule has 7 rings (SSSR count). The lowest BCUT2D eigenvalue weighted by atomic mass is 9.55. The lowest BCUT2D eigenvalue weighted by Crippen LogP contribution is -2.50. The monoisotopic (exact) mass is 508 g/mol. The van der Waals surface area contributed by atoms with E-state index in [-0.39, 0.29) is 22.3 Å². The third-order valence-corrected chi connectivity index (χ3v) is 8.47. The summed E-state index contributed by atoms with van der Waals surface area (Å²) >= 11 is 9.87. The van der Waals surface area contributed by atoms with E-state index in [0.29, 0.717) is 0 Å². The maximum Gasteiger partial charge on any atom is 0.294 e. The summed E-state index contributed by atoms with van der Waals surface area (Å²) in [7, 11) is 0. The Morgan fingerprint density at radius 1 is 0.938 bits per heavy atom. The Morgan fingerprint density at radius 3 is 2.12 bits per heavy atom. The van der Waals surface area contributed by atoms with E-state index in [9.17, 15) is 19.7 Å². The number of anilines is 1. The first-order valence-corrected chi connectivity index (χ1v) is 11.2. The molecule has 1 saturated heterocycles. The molecule has 4 aliphatic rings. The number of nitro groups is 1. The van der Waals surface area contributed by atoms with Crippen LogP contribution in [0.4, 0.5) is 11.4 Å². The van der Waals surface area contributed by atoms with E-state index >= 15 is 0 Å². The molecule has 1 fully saturated rings. The fourth-order valence-electron chi connectivity index (χ4n) is 5.75. The number of halogens is 2. The van der Waals surface area contributed by atoms with Crippen molar-refractivity contribution < 1.29 is 14.5 Å². The molecule has 3 aromatic rings. The summed E-state index contributed by atoms with van der Waals surface area (Å²) in [6.45, 7) is 0. The van der Waals surface area contributed by atoms with Crippen LogP contribution in [-0.2, 0) is 13.9 Å². The zero-order valence-electron chi connectivity index (χ0n) is 16.4. The minimum atomic E-state index is -0.900. The largest absolute Gasteiger partial charge is 0.294 e. The van der Waals surface area contributed by atoms with E-state index in [1.54, 1.807) is 0 Å². The van der Waals surface area contributed by atoms with Crippen molar-refractivity contribution in [2.75, 3.05) is 4.90 Å². The molecule has 1 aliphatic heterocycles. The van der Waals surface area contributed by atoms with Crippen LogP contribution in [-0.4, -0.2) is 16.7 Å². The van der Waals surface area contributed by atoms with E-state index in [1.807, 2.05) is 48.5 Å². The third-order valence-electron chi connectivity index (χ3n) is 6.89. The molecule has 2 amide bonds. The topological polar surface area (TPSA) is 80.5 Å². The van der Waals surface area contributed by atoms with Gasteiger partial charge >= 0.3 is 0 Å². The van der Waals surface area contributed by atoms with Gasteiger partial charge in [-0.1, -0.05) is 76.1 Å². The van der Waals surface area contributed by atoms with Crippen molar-refractivity contribution in [1.29, 1.82) is 0 Å². The predicted octanol–water partition coefficient (Wildman–Crippen LogP) is 5.15. The zero-order chi connectivity index (χ0) is 22.4. The highest BCUT2D eigenvalue weighted by Crippen LogP contribution is 2.66. The van der Waals surface area contributed by atoms with Gasteiger partial charge in [0.05, 0.1) is 21.1 Å². The summed E-state index contributed by atoms with van der Waals surface area (Å²) in [5.74, 6) is -2.57. The summed E-state index contributed by atoms with van der Waals surface area (Å²) in [4.78, 5) is 39.7. The van der Waals surface area contributed by atoms with Crippen LogP contribution in [0.3, 0.4) is 0 Å². The van der Waals surface area contributed by atoms with Gasteiger partial charge in [-0.15, -0.1) is 0 Å². The zero-order valence-corrected chi connectivity index (χ0v) is 18.7. The molecule has 0 unspecified atom stereocenters. The highest BCUT2D eigenvalue weighted by Gasteiger charge is 2.68. The first-order chi connectivity index (χ1) is 15.4. The minimum absolute atomic E-state index is 0.0487. The number of benzene rings is 3. The van der Waals surface area contributed by atoms with Gasteiger partial charge in [-0.05, 0) is 34.4 Å². The number of imide groups is 1. The number of nitrogens with zero attached hydrogens (tertiary/aromatic N) is 2. The molecular weight excluding hydrogens is 496 g/mol. The molecule has 0 radical (unpaired) electrons. The molecule has 32 heavy (non-hydrogen) atoms. The Balaban J connectivity index is 1.61. The van der Waals surface area contributed by atoms with E-state index in [2.05, 4.69) is 15.9 Å². The lowest BCUT2D eigenvalue weighted by Gasteiger charge is -2.51. The molecule has 2 bridgehead atoms. The smallest absolute Gasteiger partial charge is 0.274 e. The average Bonchev–Trinajstić information content (AvgIpc) is 3.06. The number of carbonyl (C=O) groups is 2. The quantitative estimate of drug-likeness (QED) is 0.207. The van der Waals surface area contributed by atoms with Gasteiger partial charge in [0.1, 0.15) is 5.69 Å². The molecule has 0 aromatic heterocycles. The minimum Gasteiger partial charge on any atom is -0.274 e. The van der Waals surface area contributed by atoms with Gasteiger partial charge < -0.3 is 0 Å². The summed E-state index contributed by atoms with van der Waals surface area (Å²) in [5, 5.41) is 11.9. The maximum atomic E-state index is 13.8. The van der Waals surface area contributed by atoms with Crippen LogP contribution in [0.25, 0.3) is 0 Å². The molecule has 8 heteroatoms. The second-order valence-corrected chi connectivity index (χ2v) is 9.96. The van der Waals surface area contributed by atoms with E-state index in [1.165, 1.54) is 18.2 Å². The van der Waals surface area contributed by atoms with Crippen LogP contribution in [0.15, 0.2) is 66.7 Å². The van der Waals surface area contributed by atoms with Crippen molar-refractivity contribution >= 4 is 50.7 Å². The van der Waals surface area contributed by atoms with E-state index in [4.69, 9.17) is 11.6 Å². The van der Waals surface area contributed by atoms with Crippen molar-refractivity contribution in [2.24, 2.45) is 11.8 Å². The van der Waals surface area contributed by atoms with Gasteiger partial charge in [-0.25, -0.2) is 4.90 Å². The van der Waals surface area contributed by atoms with E-state index < -0.39 is 32.9 Å². The van der Waals surface area contributed by atoms with Crippen molar-refractivity contribution in [3.63, 3.8) is 0 Å². The molecule has 1 heterocycles. The highest BCUT2D eigenvalue weighted by atomic mass is 79.9. The van der Waals surface area contributed by atoms with Gasteiger partial charge in [0.15, 0.2) is 0 Å². The van der Waals surface area contributed by atoms with Gasteiger partial charge in [0.25, 0.3) is 5.69 Å². The van der Waals surface area contributed by atoms with Crippen molar-refractivity contribution in [3.05, 3.63) is 104 Å². The molecular formula is C24H14BrClN2O4. The number of carbonyl (C=O) groups excluding carboxylic acids is 2. The molecule has 0 N–H and O–H groups in total. The summed E-state index contributed by atoms with van der Waals surface area (Å²) < 4.78 is -0.900. The summed E-state index contributed by atoms with van der Waals surface area (Å²) in [5.41, 5.74) is 3.49. The normalized spacial score (nSPS) is 27.2. The molecule has 3 aromatic carbocycles. The first kappa shape index (κ1) is 19.6. The van der Waals surface area contributed by atoms with Crippen molar-refractivity contribution in [1.82, 2.24) is 0 Å². The molecule has 158 valence electrons. The number of nitro benzene ring substituents is 1. The molecule has 2 atom stereocenters. The van der Waals surface area contributed by atoms with Gasteiger partial charge in [0.2, 0.25) is 11.8 Å². The highest BCUT2D eigenvalue weighted by molar-refractivity contribution is 9.09. The van der Waals surface area contributed by atoms with Crippen LogP contribution in [0, 0.1) is 22.0 Å². The predicted molar refractivity (Wildman–Crippen MR) is 122 cm³/mol. The molecule has 3 aliphatic carbocycles. The Bertz CT molecular complexity index is 1330. The molecule has 6 nitrogen and oxygen atoms in total. The summed E-state index contributed by atoms with van der Waals surface area (Å²) in [6, 6.07) is 19.6. The van der Waals surface area contributed by atoms with Gasteiger partial charge in [0, 0.05) is 17.0 Å². The Morgan fingerprint density at radius 2 is 1.53 bits per heavy atom. The average molecular weight is 510 g/mol. The Hall–Kier alpha value is -3.03. The third kappa shape index (κ3) is 2.25. The fourth-order valence-corrected chi connectivity index (χ4v) is 7.12. The first-order valence-electron chi connectivity index (χ1n) is 10.0. The van der Waals surface area contributed by atoms with Gasteiger partial charge in [-0.3, -0.25) is 19.7 Å². The van der Waals surface area contributed by atoms with Crippen LogP contribution in [0.5, 0.6) is 0 Å². The number of rotatable bonds is 2. The standard InChI is InChI=1S/C24H14BrClN2O4/c25-24-15-7-3-1-5-13(15)19(14-6-2-4-8-16(14)24)20-21(24)23(30)27(22(20)29)17-10-9-12(26)11-18(17)28(31)32/h1-11,19-21H/t19?,20-,21+,24?/m1/s1. The summed E-state index contributed by atoms with van der Waals surface area (Å²) in [6.07, 6.45) is 0. The SMILES string of the molecule is O=C1[C@@H]2C3c4ccccc4C(Br)(c4ccccc43)[C@@H]2C(=O)N1c1ccc(Cl)cc1[N+](=O)[O-]. The van der Waals surface area contributed by atoms with Crippen LogP contribution >= 0.6 is 27.5 Å². The second-order valence-electron chi connectivity index (χ2n) is 8.27. The van der Waals surface area contributed by atoms with Crippen molar-refractivity contribution in [3.8, 4) is 0 Å². The van der Waals surface area contributed by atoms with E-state index in [0.717, 1.165) is 27.2 Å². The van der Waals surface area contributed by atoms with Crippen LogP contribution < -0.4 is 4.90 Å². The molecule has 0 saturated carbocycles. The van der Waals surface area contributed by atoms with Gasteiger partial charge in [-0.2, -0.15) is 0 Å². The number of hydrogen-bond acceptors (Lipinski definition) is 4. The second kappa shape index (κ2) is 6.49. The van der Waals surface area contributed by atoms with Crippen LogP contribution in [0.1, 0.15) is 28.2 Å².